The highest BCUT2D eigenvalue weighted by Crippen LogP contribution is 2.28. The van der Waals surface area contributed by atoms with Crippen LogP contribution in [0.2, 0.25) is 0 Å². The average molecular weight is 395 g/mol. The van der Waals surface area contributed by atoms with Gasteiger partial charge in [0.25, 0.3) is 0 Å². The van der Waals surface area contributed by atoms with E-state index in [0.29, 0.717) is 5.82 Å². The SMILES string of the molecule is Cc1c(C)n(CC[NH+]2CCOCC2)c2ncn3nc(-c4ccc(F)cc4)nc3c12. The minimum absolute atomic E-state index is 0.271. The third kappa shape index (κ3) is 3.18. The summed E-state index contributed by atoms with van der Waals surface area (Å²) in [7, 11) is 0. The number of nitrogens with zero attached hydrogens (tertiary/aromatic N) is 5. The van der Waals surface area contributed by atoms with Crippen LogP contribution in [0.1, 0.15) is 11.3 Å². The van der Waals surface area contributed by atoms with Crippen LogP contribution in [0, 0.1) is 19.7 Å². The third-order valence-electron chi connectivity index (χ3n) is 5.94. The van der Waals surface area contributed by atoms with Gasteiger partial charge in [-0.15, -0.1) is 5.10 Å². The molecule has 29 heavy (non-hydrogen) atoms. The van der Waals surface area contributed by atoms with Gasteiger partial charge in [0.1, 0.15) is 30.9 Å². The van der Waals surface area contributed by atoms with E-state index in [1.165, 1.54) is 23.4 Å². The van der Waals surface area contributed by atoms with E-state index in [1.807, 2.05) is 0 Å². The van der Waals surface area contributed by atoms with Gasteiger partial charge < -0.3 is 14.2 Å². The fourth-order valence-electron chi connectivity index (χ4n) is 4.11. The Labute approximate surface area is 167 Å². The smallest absolute Gasteiger partial charge is 0.182 e. The number of nitrogens with one attached hydrogen (secondary N) is 1. The van der Waals surface area contributed by atoms with E-state index in [4.69, 9.17) is 14.7 Å². The molecule has 0 saturated carbocycles. The Morgan fingerprint density at radius 3 is 2.62 bits per heavy atom. The topological polar surface area (TPSA) is 61.7 Å². The Bertz CT molecular complexity index is 1170. The first-order valence-electron chi connectivity index (χ1n) is 10.00. The third-order valence-corrected chi connectivity index (χ3v) is 5.94. The summed E-state index contributed by atoms with van der Waals surface area (Å²) < 4.78 is 22.7. The lowest BCUT2D eigenvalue weighted by Crippen LogP contribution is -3.14. The number of quaternary nitrogens is 1. The Kier molecular flexibility index (Phi) is 4.52. The fourth-order valence-corrected chi connectivity index (χ4v) is 4.11. The zero-order valence-corrected chi connectivity index (χ0v) is 16.7. The molecule has 0 unspecified atom stereocenters. The molecule has 150 valence electrons. The molecule has 1 aliphatic heterocycles. The maximum Gasteiger partial charge on any atom is 0.182 e. The van der Waals surface area contributed by atoms with Crippen molar-refractivity contribution in [1.82, 2.24) is 24.1 Å². The predicted molar refractivity (Wildman–Crippen MR) is 108 cm³/mol. The normalized spacial score (nSPS) is 15.6. The quantitative estimate of drug-likeness (QED) is 0.568. The minimum Gasteiger partial charge on any atom is -0.370 e. The van der Waals surface area contributed by atoms with Gasteiger partial charge in [0.05, 0.1) is 31.7 Å². The van der Waals surface area contributed by atoms with Gasteiger partial charge in [-0.2, -0.15) is 0 Å². The van der Waals surface area contributed by atoms with E-state index < -0.39 is 0 Å². The highest BCUT2D eigenvalue weighted by Gasteiger charge is 2.20. The zero-order valence-electron chi connectivity index (χ0n) is 16.7. The highest BCUT2D eigenvalue weighted by atomic mass is 19.1. The van der Waals surface area contributed by atoms with Gasteiger partial charge in [-0.1, -0.05) is 0 Å². The first-order chi connectivity index (χ1) is 14.1. The molecule has 8 heteroatoms. The van der Waals surface area contributed by atoms with Crippen LogP contribution in [0.5, 0.6) is 0 Å². The van der Waals surface area contributed by atoms with Crippen molar-refractivity contribution in [2.45, 2.75) is 20.4 Å². The van der Waals surface area contributed by atoms with E-state index in [1.54, 1.807) is 27.9 Å². The molecule has 4 heterocycles. The lowest BCUT2D eigenvalue weighted by atomic mass is 10.2. The molecule has 0 bridgehead atoms. The van der Waals surface area contributed by atoms with E-state index in [9.17, 15) is 4.39 Å². The molecule has 1 saturated heterocycles. The Morgan fingerprint density at radius 1 is 1.10 bits per heavy atom. The number of benzene rings is 1. The van der Waals surface area contributed by atoms with Crippen molar-refractivity contribution in [1.29, 1.82) is 0 Å². The average Bonchev–Trinajstić information content (AvgIpc) is 3.27. The van der Waals surface area contributed by atoms with Gasteiger partial charge >= 0.3 is 0 Å². The molecule has 5 rings (SSSR count). The van der Waals surface area contributed by atoms with Crippen LogP contribution in [0.25, 0.3) is 28.1 Å². The molecule has 4 aromatic rings. The van der Waals surface area contributed by atoms with Gasteiger partial charge in [-0.3, -0.25) is 0 Å². The molecule has 0 atom stereocenters. The predicted octanol–water partition coefficient (Wildman–Crippen LogP) is 1.42. The van der Waals surface area contributed by atoms with Crippen LogP contribution >= 0.6 is 0 Å². The maximum absolute atomic E-state index is 13.3. The second-order valence-electron chi connectivity index (χ2n) is 7.63. The lowest BCUT2D eigenvalue weighted by molar-refractivity contribution is -0.908. The van der Waals surface area contributed by atoms with Gasteiger partial charge in [-0.05, 0) is 43.7 Å². The molecule has 0 spiro atoms. The van der Waals surface area contributed by atoms with Crippen molar-refractivity contribution < 1.29 is 14.0 Å². The summed E-state index contributed by atoms with van der Waals surface area (Å²) in [4.78, 5) is 11.0. The summed E-state index contributed by atoms with van der Waals surface area (Å²) in [5, 5.41) is 5.59. The van der Waals surface area contributed by atoms with Crippen molar-refractivity contribution in [3.8, 4) is 11.4 Å². The number of fused-ring (bicyclic) bond motifs is 3. The zero-order chi connectivity index (χ0) is 20.0. The molecule has 1 fully saturated rings. The minimum atomic E-state index is -0.271. The number of hydrogen-bond donors (Lipinski definition) is 1. The molecule has 7 nitrogen and oxygen atoms in total. The van der Waals surface area contributed by atoms with Gasteiger partial charge in [0.15, 0.2) is 11.5 Å². The molecule has 3 aromatic heterocycles. The van der Waals surface area contributed by atoms with Gasteiger partial charge in [0.2, 0.25) is 0 Å². The molecule has 0 aliphatic carbocycles. The van der Waals surface area contributed by atoms with Crippen molar-refractivity contribution >= 4 is 16.7 Å². The van der Waals surface area contributed by atoms with Crippen molar-refractivity contribution in [3.05, 3.63) is 47.7 Å². The molecule has 1 aromatic carbocycles. The molecule has 1 N–H and O–H groups in total. The van der Waals surface area contributed by atoms with E-state index >= 15 is 0 Å². The van der Waals surface area contributed by atoms with E-state index in [-0.39, 0.29) is 5.82 Å². The number of rotatable bonds is 4. The second-order valence-corrected chi connectivity index (χ2v) is 7.63. The molecule has 0 amide bonds. The van der Waals surface area contributed by atoms with Crippen LogP contribution in [0.3, 0.4) is 0 Å². The molecular formula is C21H24FN6O+. The number of morpholine rings is 1. The summed E-state index contributed by atoms with van der Waals surface area (Å²) in [5.41, 5.74) is 4.89. The lowest BCUT2D eigenvalue weighted by Gasteiger charge is -2.24. The summed E-state index contributed by atoms with van der Waals surface area (Å²) in [5.74, 6) is 0.300. The number of aromatic nitrogens is 5. The van der Waals surface area contributed by atoms with Gasteiger partial charge in [-0.25, -0.2) is 18.9 Å². The summed E-state index contributed by atoms with van der Waals surface area (Å²) in [6, 6.07) is 6.25. The summed E-state index contributed by atoms with van der Waals surface area (Å²) >= 11 is 0. The van der Waals surface area contributed by atoms with E-state index in [0.717, 1.165) is 61.6 Å². The second kappa shape index (κ2) is 7.20. The standard InChI is InChI=1S/C21H23FN6O/c1-14-15(2)27(8-7-26-9-11-29-12-10-26)20-18(14)21-24-19(25-28(21)13-23-20)16-3-5-17(22)6-4-16/h3-6,13H,7-12H2,1-2H3/p+1. The fraction of sp³-hybridized carbons (Fsp3) is 0.381. The summed E-state index contributed by atoms with van der Waals surface area (Å²) in [6.07, 6.45) is 1.72. The first kappa shape index (κ1) is 18.2. The van der Waals surface area contributed by atoms with Crippen LogP contribution in [-0.2, 0) is 11.3 Å². The van der Waals surface area contributed by atoms with Crippen LogP contribution < -0.4 is 4.90 Å². The first-order valence-corrected chi connectivity index (χ1v) is 10.00. The van der Waals surface area contributed by atoms with Crippen molar-refractivity contribution in [2.24, 2.45) is 0 Å². The van der Waals surface area contributed by atoms with Crippen LogP contribution in [0.4, 0.5) is 4.39 Å². The van der Waals surface area contributed by atoms with Crippen LogP contribution in [-0.4, -0.2) is 57.0 Å². The summed E-state index contributed by atoms with van der Waals surface area (Å²) in [6.45, 7) is 10.00. The highest BCUT2D eigenvalue weighted by molar-refractivity contribution is 5.94. The van der Waals surface area contributed by atoms with Crippen molar-refractivity contribution in [2.75, 3.05) is 32.8 Å². The molecule has 0 radical (unpaired) electrons. The number of hydrogen-bond acceptors (Lipinski definition) is 4. The molecule has 1 aliphatic rings. The Hall–Kier alpha value is -2.84. The number of halogens is 1. The van der Waals surface area contributed by atoms with Crippen molar-refractivity contribution in [3.63, 3.8) is 0 Å². The Balaban J connectivity index is 1.55. The van der Waals surface area contributed by atoms with Gasteiger partial charge in [0, 0.05) is 11.3 Å². The number of ether oxygens (including phenoxy) is 1. The maximum atomic E-state index is 13.3. The Morgan fingerprint density at radius 2 is 1.86 bits per heavy atom. The largest absolute Gasteiger partial charge is 0.370 e. The molecular weight excluding hydrogens is 371 g/mol. The number of aryl methyl sites for hydroxylation is 1. The monoisotopic (exact) mass is 395 g/mol. The van der Waals surface area contributed by atoms with Crippen LogP contribution in [0.15, 0.2) is 30.6 Å². The van der Waals surface area contributed by atoms with E-state index in [2.05, 4.69) is 23.5 Å².